The van der Waals surface area contributed by atoms with Crippen LogP contribution in [0.5, 0.6) is 23.0 Å². The minimum atomic E-state index is -0.659. The number of benzene rings is 2. The lowest BCUT2D eigenvalue weighted by Gasteiger charge is -2.29. The third-order valence-electron chi connectivity index (χ3n) is 8.71. The first-order valence-corrected chi connectivity index (χ1v) is 16.6. The molecule has 2 unspecified atom stereocenters. The second-order valence-electron chi connectivity index (χ2n) is 11.8. The van der Waals surface area contributed by atoms with Gasteiger partial charge in [-0.1, -0.05) is 83.3 Å². The first-order valence-electron chi connectivity index (χ1n) is 16.6. The molecule has 2 rings (SSSR count). The van der Waals surface area contributed by atoms with Crippen molar-refractivity contribution >= 4 is 12.4 Å². The van der Waals surface area contributed by atoms with Crippen LogP contribution in [0.15, 0.2) is 46.6 Å². The normalized spacial score (nSPS) is 13.0. The number of hydrogen-bond acceptors (Lipinski definition) is 7. The molecule has 0 aliphatic heterocycles. The van der Waals surface area contributed by atoms with Crippen LogP contribution in [0.4, 0.5) is 0 Å². The van der Waals surface area contributed by atoms with E-state index in [-0.39, 0.29) is 18.4 Å². The predicted octanol–water partition coefficient (Wildman–Crippen LogP) is 10.5. The van der Waals surface area contributed by atoms with E-state index in [1.807, 2.05) is 24.3 Å². The van der Waals surface area contributed by atoms with Gasteiger partial charge in [0.25, 0.3) is 0 Å². The van der Waals surface area contributed by atoms with Crippen molar-refractivity contribution < 1.29 is 18.9 Å². The van der Waals surface area contributed by atoms with Gasteiger partial charge < -0.3 is 18.9 Å². The summed E-state index contributed by atoms with van der Waals surface area (Å²) in [6, 6.07) is 15.0. The molecule has 0 aromatic heterocycles. The number of aryl methyl sites for hydroxylation is 1. The van der Waals surface area contributed by atoms with Crippen LogP contribution in [0.25, 0.3) is 0 Å². The average Bonchev–Trinajstić information content (AvgIpc) is 3.06. The Hall–Kier alpha value is -2.98. The second-order valence-corrected chi connectivity index (χ2v) is 11.8. The van der Waals surface area contributed by atoms with Crippen LogP contribution in [-0.4, -0.2) is 41.5 Å². The van der Waals surface area contributed by atoms with Crippen molar-refractivity contribution in [3.63, 3.8) is 0 Å². The predicted molar refractivity (Wildman–Crippen MR) is 187 cm³/mol. The molecular formula is C37H58ClN3O4. The lowest BCUT2D eigenvalue weighted by atomic mass is 9.73. The largest absolute Gasteiger partial charge is 0.497 e. The minimum absolute atomic E-state index is 0. The van der Waals surface area contributed by atoms with Gasteiger partial charge in [0.1, 0.15) is 5.75 Å². The van der Waals surface area contributed by atoms with Gasteiger partial charge in [-0.15, -0.1) is 12.4 Å². The molecule has 2 atom stereocenters. The number of methoxy groups -OCH3 is 4. The molecule has 0 saturated carbocycles. The summed E-state index contributed by atoms with van der Waals surface area (Å²) < 4.78 is 22.3. The Morgan fingerprint density at radius 3 is 1.89 bits per heavy atom. The zero-order valence-electron chi connectivity index (χ0n) is 28.7. The van der Waals surface area contributed by atoms with Crippen LogP contribution in [0, 0.1) is 11.3 Å². The van der Waals surface area contributed by atoms with E-state index in [9.17, 15) is 5.26 Å². The number of ether oxygens (including phenoxy) is 4. The molecule has 2 aromatic carbocycles. The smallest absolute Gasteiger partial charge is 0.203 e. The molecular weight excluding hydrogens is 586 g/mol. The average molecular weight is 644 g/mol. The molecule has 0 saturated heterocycles. The van der Waals surface area contributed by atoms with Gasteiger partial charge in [-0.25, -0.2) is 0 Å². The summed E-state index contributed by atoms with van der Waals surface area (Å²) in [4.78, 5) is 0. The van der Waals surface area contributed by atoms with Crippen LogP contribution in [0.1, 0.15) is 114 Å². The molecule has 2 aromatic rings. The summed E-state index contributed by atoms with van der Waals surface area (Å²) in [5, 5.41) is 19.5. The summed E-state index contributed by atoms with van der Waals surface area (Å²) >= 11 is 0. The summed E-state index contributed by atoms with van der Waals surface area (Å²) in [6.07, 6.45) is 17.7. The fraction of sp³-hybridized carbons (Fsp3) is 0.649. The Bertz CT molecular complexity index is 1130. The van der Waals surface area contributed by atoms with E-state index in [0.29, 0.717) is 17.2 Å². The van der Waals surface area contributed by atoms with Crippen molar-refractivity contribution in [2.75, 3.05) is 35.5 Å². The zero-order chi connectivity index (χ0) is 32.0. The van der Waals surface area contributed by atoms with Crippen molar-refractivity contribution in [3.8, 4) is 29.1 Å². The first-order chi connectivity index (χ1) is 21.5. The van der Waals surface area contributed by atoms with Crippen LogP contribution in [-0.2, 0) is 11.8 Å². The van der Waals surface area contributed by atoms with Gasteiger partial charge in [-0.05, 0) is 73.9 Å². The van der Waals surface area contributed by atoms with Gasteiger partial charge in [-0.3, -0.25) is 0 Å². The highest BCUT2D eigenvalue weighted by molar-refractivity contribution is 5.85. The van der Waals surface area contributed by atoms with Gasteiger partial charge in [-0.2, -0.15) is 15.5 Å². The standard InChI is InChI=1S/C37H57N3O4.ClH/c1-7-8-9-10-11-12-13-14-15-16-24-37(29-38,31-27-34(42-4)36(44-6)35(28-31)43-5)25-18-20-32(40-39-2)23-22-30-19-17-21-33(26-30)41-3;/h17,19,21,26-28,32H,7-16,18,20,22-25H2,1-6H3;1H. The van der Waals surface area contributed by atoms with Crippen LogP contribution >= 0.6 is 12.4 Å². The molecule has 0 N–H and O–H groups in total. The summed E-state index contributed by atoms with van der Waals surface area (Å²) in [5.74, 6) is 2.58. The van der Waals surface area contributed by atoms with E-state index in [4.69, 9.17) is 18.9 Å². The molecule has 0 aliphatic carbocycles. The van der Waals surface area contributed by atoms with E-state index in [0.717, 1.165) is 62.7 Å². The topological polar surface area (TPSA) is 85.4 Å². The molecule has 45 heavy (non-hydrogen) atoms. The van der Waals surface area contributed by atoms with Gasteiger partial charge in [0.15, 0.2) is 11.5 Å². The van der Waals surface area contributed by atoms with Crippen molar-refractivity contribution in [1.29, 1.82) is 5.26 Å². The van der Waals surface area contributed by atoms with Crippen molar-refractivity contribution in [2.45, 2.75) is 121 Å². The van der Waals surface area contributed by atoms with Gasteiger partial charge in [0, 0.05) is 7.05 Å². The van der Waals surface area contributed by atoms with E-state index in [2.05, 4.69) is 35.4 Å². The number of rotatable bonds is 24. The van der Waals surface area contributed by atoms with Gasteiger partial charge in [0.2, 0.25) is 5.75 Å². The number of unbranched alkanes of at least 4 members (excludes halogenated alkanes) is 9. The van der Waals surface area contributed by atoms with E-state index in [1.54, 1.807) is 35.5 Å². The third kappa shape index (κ3) is 13.5. The highest BCUT2D eigenvalue weighted by Gasteiger charge is 2.34. The van der Waals surface area contributed by atoms with Crippen molar-refractivity contribution in [2.24, 2.45) is 10.2 Å². The maximum absolute atomic E-state index is 10.8. The number of azo groups is 1. The molecule has 0 bridgehead atoms. The Morgan fingerprint density at radius 1 is 0.756 bits per heavy atom. The van der Waals surface area contributed by atoms with Crippen LogP contribution in [0.2, 0.25) is 0 Å². The van der Waals surface area contributed by atoms with E-state index < -0.39 is 5.41 Å². The number of nitriles is 1. The number of nitrogens with zero attached hydrogens (tertiary/aromatic N) is 3. The molecule has 0 heterocycles. The van der Waals surface area contributed by atoms with Crippen molar-refractivity contribution in [3.05, 3.63) is 47.5 Å². The Labute approximate surface area is 279 Å². The second kappa shape index (κ2) is 23.4. The maximum Gasteiger partial charge on any atom is 0.203 e. The minimum Gasteiger partial charge on any atom is -0.497 e. The fourth-order valence-electron chi connectivity index (χ4n) is 6.09. The molecule has 0 aliphatic rings. The summed E-state index contributed by atoms with van der Waals surface area (Å²) in [5.41, 5.74) is 1.49. The zero-order valence-corrected chi connectivity index (χ0v) is 29.6. The summed E-state index contributed by atoms with van der Waals surface area (Å²) in [6.45, 7) is 2.26. The highest BCUT2D eigenvalue weighted by atomic mass is 35.5. The summed E-state index contributed by atoms with van der Waals surface area (Å²) in [7, 11) is 8.28. The van der Waals surface area contributed by atoms with E-state index in [1.165, 1.54) is 56.9 Å². The SMILES string of the molecule is CCCCCCCCCCCCC(C#N)(CCCC(CCc1cccc(OC)c1)N=NC)c1cc(OC)c(OC)c(OC)c1.Cl. The molecule has 0 amide bonds. The molecule has 8 heteroatoms. The monoisotopic (exact) mass is 643 g/mol. The van der Waals surface area contributed by atoms with Gasteiger partial charge in [0.05, 0.1) is 46.0 Å². The Balaban J connectivity index is 0.0000101. The van der Waals surface area contributed by atoms with E-state index >= 15 is 0 Å². The Morgan fingerprint density at radius 2 is 1.36 bits per heavy atom. The molecule has 0 radical (unpaired) electrons. The highest BCUT2D eigenvalue weighted by Crippen LogP contribution is 2.44. The third-order valence-corrected chi connectivity index (χ3v) is 8.71. The Kier molecular flexibility index (Phi) is 20.8. The van der Waals surface area contributed by atoms with Crippen LogP contribution < -0.4 is 18.9 Å². The maximum atomic E-state index is 10.8. The number of hydrogen-bond donors (Lipinski definition) is 0. The molecule has 0 spiro atoms. The van der Waals surface area contributed by atoms with Gasteiger partial charge >= 0.3 is 0 Å². The molecule has 252 valence electrons. The first kappa shape index (κ1) is 40.0. The lowest BCUT2D eigenvalue weighted by molar-refractivity contribution is 0.321. The molecule has 0 fully saturated rings. The number of halogens is 1. The molecule has 7 nitrogen and oxygen atoms in total. The lowest BCUT2D eigenvalue weighted by Crippen LogP contribution is -2.25. The quantitative estimate of drug-likeness (QED) is 0.0839. The van der Waals surface area contributed by atoms with Crippen LogP contribution in [0.3, 0.4) is 0 Å². The fourth-order valence-corrected chi connectivity index (χ4v) is 6.09. The van der Waals surface area contributed by atoms with Crippen molar-refractivity contribution in [1.82, 2.24) is 0 Å².